The lowest BCUT2D eigenvalue weighted by Gasteiger charge is -2.21. The molecule has 2 rings (SSSR count). The van der Waals surface area contributed by atoms with E-state index in [1.165, 1.54) is 44.5 Å². The normalized spacial score (nSPS) is 11.1. The quantitative estimate of drug-likeness (QED) is 0.840. The minimum atomic E-state index is -3.83. The number of nitrogens with two attached hydrogens (primary N) is 1. The summed E-state index contributed by atoms with van der Waals surface area (Å²) in [5, 5.41) is 9.47. The fraction of sp³-hybridized carbons (Fsp3) is 0.143. The second-order valence-corrected chi connectivity index (χ2v) is 6.34. The third-order valence-electron chi connectivity index (χ3n) is 3.02. The number of rotatable bonds is 4. The molecule has 0 radical (unpaired) electrons. The highest BCUT2D eigenvalue weighted by atomic mass is 32.2. The molecule has 0 aromatic heterocycles. The van der Waals surface area contributed by atoms with Crippen molar-refractivity contribution in [2.75, 3.05) is 24.2 Å². The van der Waals surface area contributed by atoms with Crippen molar-refractivity contribution in [2.24, 2.45) is 0 Å². The van der Waals surface area contributed by atoms with Crippen LogP contribution < -0.4 is 14.8 Å². The number of aromatic hydroxyl groups is 1. The molecule has 0 amide bonds. The summed E-state index contributed by atoms with van der Waals surface area (Å²) in [7, 11) is -1.05. The van der Waals surface area contributed by atoms with Crippen LogP contribution in [0.5, 0.6) is 11.5 Å². The van der Waals surface area contributed by atoms with E-state index in [-0.39, 0.29) is 16.4 Å². The average Bonchev–Trinajstić information content (AvgIpc) is 2.45. The van der Waals surface area contributed by atoms with E-state index in [9.17, 15) is 13.5 Å². The molecular formula is C14H16N2O4S. The van der Waals surface area contributed by atoms with E-state index in [4.69, 9.17) is 10.5 Å². The van der Waals surface area contributed by atoms with Gasteiger partial charge in [0.2, 0.25) is 0 Å². The summed E-state index contributed by atoms with van der Waals surface area (Å²) < 4.78 is 31.5. The van der Waals surface area contributed by atoms with Gasteiger partial charge in [0.05, 0.1) is 12.8 Å². The van der Waals surface area contributed by atoms with Gasteiger partial charge < -0.3 is 15.6 Å². The van der Waals surface area contributed by atoms with Crippen LogP contribution in [0.2, 0.25) is 0 Å². The summed E-state index contributed by atoms with van der Waals surface area (Å²) >= 11 is 0. The van der Waals surface area contributed by atoms with Gasteiger partial charge in [-0.05, 0) is 24.3 Å². The number of benzene rings is 2. The van der Waals surface area contributed by atoms with Gasteiger partial charge in [-0.2, -0.15) is 0 Å². The summed E-state index contributed by atoms with van der Waals surface area (Å²) in [6.07, 6.45) is 0. The zero-order chi connectivity index (χ0) is 15.6. The third-order valence-corrected chi connectivity index (χ3v) is 4.84. The molecule has 0 aliphatic heterocycles. The Labute approximate surface area is 123 Å². The van der Waals surface area contributed by atoms with Crippen LogP contribution in [0.1, 0.15) is 0 Å². The van der Waals surface area contributed by atoms with E-state index in [1.54, 1.807) is 12.1 Å². The summed E-state index contributed by atoms with van der Waals surface area (Å²) in [5.41, 5.74) is 6.38. The van der Waals surface area contributed by atoms with Gasteiger partial charge in [0, 0.05) is 24.9 Å². The lowest BCUT2D eigenvalue weighted by Crippen LogP contribution is -2.26. The maximum atomic E-state index is 12.7. The highest BCUT2D eigenvalue weighted by Crippen LogP contribution is 2.31. The third kappa shape index (κ3) is 2.87. The Bertz CT molecular complexity index is 759. The van der Waals surface area contributed by atoms with Crippen molar-refractivity contribution in [1.82, 2.24) is 0 Å². The number of nitrogen functional groups attached to an aromatic ring is 1. The number of ether oxygens (including phenoxy) is 1. The van der Waals surface area contributed by atoms with Gasteiger partial charge in [-0.1, -0.05) is 6.07 Å². The number of hydrogen-bond acceptors (Lipinski definition) is 5. The molecule has 6 nitrogen and oxygen atoms in total. The van der Waals surface area contributed by atoms with Gasteiger partial charge in [0.15, 0.2) is 0 Å². The van der Waals surface area contributed by atoms with Crippen molar-refractivity contribution in [1.29, 1.82) is 0 Å². The summed E-state index contributed by atoms with van der Waals surface area (Å²) in [6.45, 7) is 0. The Hall–Kier alpha value is -2.41. The number of phenolic OH excluding ortho intramolecular Hbond substituents is 1. The number of sulfonamides is 1. The smallest absolute Gasteiger partial charge is 0.267 e. The molecule has 112 valence electrons. The average molecular weight is 308 g/mol. The monoisotopic (exact) mass is 308 g/mol. The maximum Gasteiger partial charge on any atom is 0.267 e. The first-order chi connectivity index (χ1) is 9.86. The number of hydrogen-bond donors (Lipinski definition) is 2. The zero-order valence-corrected chi connectivity index (χ0v) is 12.5. The van der Waals surface area contributed by atoms with Crippen LogP contribution in [0.15, 0.2) is 47.4 Å². The number of methoxy groups -OCH3 is 1. The zero-order valence-electron chi connectivity index (χ0n) is 11.6. The first-order valence-corrected chi connectivity index (χ1v) is 7.51. The molecule has 2 aromatic carbocycles. The summed E-state index contributed by atoms with van der Waals surface area (Å²) in [5.74, 6) is 0.154. The molecule has 0 aliphatic carbocycles. The molecule has 2 aromatic rings. The van der Waals surface area contributed by atoms with Crippen LogP contribution in [0.4, 0.5) is 11.4 Å². The van der Waals surface area contributed by atoms with Crippen molar-refractivity contribution < 1.29 is 18.3 Å². The van der Waals surface area contributed by atoms with Crippen molar-refractivity contribution in [3.63, 3.8) is 0 Å². The Balaban J connectivity index is 2.52. The molecule has 0 heterocycles. The first-order valence-electron chi connectivity index (χ1n) is 6.07. The minimum Gasteiger partial charge on any atom is -0.508 e. The van der Waals surface area contributed by atoms with Crippen LogP contribution in [0, 0.1) is 0 Å². The Morgan fingerprint density at radius 1 is 1.19 bits per heavy atom. The molecule has 0 bridgehead atoms. The standard InChI is InChI=1S/C14H16N2O4S/c1-16(11-4-3-5-12(17)9-11)21(18,19)14-7-6-10(15)8-13(14)20-2/h3-9,17H,15H2,1-2H3. The summed E-state index contributed by atoms with van der Waals surface area (Å²) in [4.78, 5) is 0.00467. The van der Waals surface area contributed by atoms with Crippen molar-refractivity contribution in [3.8, 4) is 11.5 Å². The second-order valence-electron chi connectivity index (χ2n) is 4.40. The minimum absolute atomic E-state index is 0.00467. The number of phenols is 1. The first kappa shape index (κ1) is 15.0. The summed E-state index contributed by atoms with van der Waals surface area (Å²) in [6, 6.07) is 10.3. The second kappa shape index (κ2) is 5.53. The highest BCUT2D eigenvalue weighted by molar-refractivity contribution is 7.92. The lowest BCUT2D eigenvalue weighted by atomic mass is 10.3. The number of nitrogens with zero attached hydrogens (tertiary/aromatic N) is 1. The predicted molar refractivity (Wildman–Crippen MR) is 81.1 cm³/mol. The molecule has 21 heavy (non-hydrogen) atoms. The van der Waals surface area contributed by atoms with Crippen LogP contribution in [0.25, 0.3) is 0 Å². The van der Waals surface area contributed by atoms with Gasteiger partial charge in [-0.15, -0.1) is 0 Å². The van der Waals surface area contributed by atoms with Crippen LogP contribution in [-0.4, -0.2) is 27.7 Å². The fourth-order valence-electron chi connectivity index (χ4n) is 1.87. The van der Waals surface area contributed by atoms with Crippen molar-refractivity contribution >= 4 is 21.4 Å². The molecule has 3 N–H and O–H groups in total. The largest absolute Gasteiger partial charge is 0.508 e. The Morgan fingerprint density at radius 2 is 1.90 bits per heavy atom. The van der Waals surface area contributed by atoms with Crippen molar-refractivity contribution in [3.05, 3.63) is 42.5 Å². The van der Waals surface area contributed by atoms with Crippen molar-refractivity contribution in [2.45, 2.75) is 4.90 Å². The molecule has 0 saturated carbocycles. The Morgan fingerprint density at radius 3 is 2.52 bits per heavy atom. The topological polar surface area (TPSA) is 92.9 Å². The number of anilines is 2. The lowest BCUT2D eigenvalue weighted by molar-refractivity contribution is 0.403. The molecule has 0 atom stereocenters. The molecule has 0 saturated heterocycles. The molecule has 7 heteroatoms. The predicted octanol–water partition coefficient (Wildman–Crippen LogP) is 1.81. The molecule has 0 spiro atoms. The van der Waals surface area contributed by atoms with Gasteiger partial charge in [0.25, 0.3) is 10.0 Å². The SMILES string of the molecule is COc1cc(N)ccc1S(=O)(=O)N(C)c1cccc(O)c1. The molecule has 0 unspecified atom stereocenters. The van der Waals surface area contributed by atoms with Crippen LogP contribution in [0.3, 0.4) is 0 Å². The van der Waals surface area contributed by atoms with Gasteiger partial charge in [-0.25, -0.2) is 8.42 Å². The van der Waals surface area contributed by atoms with Crippen LogP contribution >= 0.6 is 0 Å². The van der Waals surface area contributed by atoms with E-state index < -0.39 is 10.0 Å². The fourth-order valence-corrected chi connectivity index (χ4v) is 3.20. The van der Waals surface area contributed by atoms with E-state index in [1.807, 2.05) is 0 Å². The maximum absolute atomic E-state index is 12.7. The van der Waals surface area contributed by atoms with Gasteiger partial charge in [0.1, 0.15) is 16.4 Å². The van der Waals surface area contributed by atoms with Gasteiger partial charge >= 0.3 is 0 Å². The van der Waals surface area contributed by atoms with E-state index in [2.05, 4.69) is 0 Å². The van der Waals surface area contributed by atoms with Crippen LogP contribution in [-0.2, 0) is 10.0 Å². The van der Waals surface area contributed by atoms with E-state index >= 15 is 0 Å². The molecule has 0 aliphatic rings. The Kier molecular flexibility index (Phi) is 3.95. The molecular weight excluding hydrogens is 292 g/mol. The van der Waals surface area contributed by atoms with Gasteiger partial charge in [-0.3, -0.25) is 4.31 Å². The van der Waals surface area contributed by atoms with E-state index in [0.717, 1.165) is 4.31 Å². The molecule has 0 fully saturated rings. The highest BCUT2D eigenvalue weighted by Gasteiger charge is 2.25. The van der Waals surface area contributed by atoms with E-state index in [0.29, 0.717) is 11.4 Å².